The molecule has 0 fully saturated rings. The first-order valence-electron chi connectivity index (χ1n) is 5.45. The quantitative estimate of drug-likeness (QED) is 0.413. The van der Waals surface area contributed by atoms with E-state index in [0.29, 0.717) is 11.4 Å². The predicted octanol–water partition coefficient (Wildman–Crippen LogP) is -0.0691. The van der Waals surface area contributed by atoms with Gasteiger partial charge >= 0.3 is 0 Å². The average Bonchev–Trinajstić information content (AvgIpc) is 2.33. The van der Waals surface area contributed by atoms with Crippen molar-refractivity contribution in [2.24, 2.45) is 0 Å². The van der Waals surface area contributed by atoms with Crippen LogP contribution < -0.4 is 9.80 Å². The number of anilines is 1. The Morgan fingerprint density at radius 1 is 1.30 bits per heavy atom. The Labute approximate surface area is 140 Å². The predicted molar refractivity (Wildman–Crippen MR) is 75.5 cm³/mol. The molecule has 0 aliphatic heterocycles. The van der Waals surface area contributed by atoms with Crippen molar-refractivity contribution in [1.82, 2.24) is 0 Å². The molecule has 2 N–H and O–H groups in total. The van der Waals surface area contributed by atoms with Crippen LogP contribution in [0.1, 0.15) is 0 Å². The summed E-state index contributed by atoms with van der Waals surface area (Å²) in [5.74, 6) is -0.245. The smallest absolute Gasteiger partial charge is 0.267 e. The molecule has 9 heteroatoms. The minimum Gasteiger partial charge on any atom is -0.494 e. The zero-order chi connectivity index (χ0) is 14.5. The molecular weight excluding hydrogens is 297 g/mol. The van der Waals surface area contributed by atoms with E-state index >= 15 is 0 Å². The summed E-state index contributed by atoms with van der Waals surface area (Å²) in [5, 5.41) is 10.9. The number of hydrogen-bond acceptors (Lipinski definition) is 6. The van der Waals surface area contributed by atoms with E-state index in [4.69, 9.17) is 14.1 Å². The Morgan fingerprint density at radius 3 is 2.40 bits per heavy atom. The minimum atomic E-state index is -4.24. The van der Waals surface area contributed by atoms with Gasteiger partial charge in [0.15, 0.2) is 0 Å². The van der Waals surface area contributed by atoms with Crippen LogP contribution in [0.4, 0.5) is 5.69 Å². The van der Waals surface area contributed by atoms with Gasteiger partial charge in [-0.15, -0.1) is 0 Å². The number of nitrogens with zero attached hydrogens (tertiary/aromatic N) is 1. The maximum absolute atomic E-state index is 10.7. The van der Waals surface area contributed by atoms with Crippen molar-refractivity contribution in [3.8, 4) is 5.75 Å². The fraction of sp³-hybridized carbons (Fsp3) is 0.455. The molecule has 1 aromatic carbocycles. The maximum Gasteiger partial charge on any atom is 0.267 e. The first-order valence-corrected chi connectivity index (χ1v) is 7.06. The second kappa shape index (κ2) is 8.83. The van der Waals surface area contributed by atoms with Gasteiger partial charge in [0.25, 0.3) is 10.1 Å². The van der Waals surface area contributed by atoms with Gasteiger partial charge in [-0.05, 0) is 12.1 Å². The molecule has 0 spiro atoms. The number of rotatable bonds is 7. The number of hydroxylamine groups is 1. The van der Waals surface area contributed by atoms with Gasteiger partial charge in [0.2, 0.25) is 0 Å². The fourth-order valence-corrected chi connectivity index (χ4v) is 2.19. The Hall–Kier alpha value is -0.350. The second-order valence-electron chi connectivity index (χ2n) is 3.82. The largest absolute Gasteiger partial charge is 0.494 e. The fourth-order valence-electron chi connectivity index (χ4n) is 1.59. The van der Waals surface area contributed by atoms with E-state index in [0.717, 1.165) is 0 Å². The average molecular weight is 314 g/mol. The van der Waals surface area contributed by atoms with Gasteiger partial charge in [0.1, 0.15) is 17.2 Å². The Balaban J connectivity index is 0.00000361. The van der Waals surface area contributed by atoms with Crippen molar-refractivity contribution in [3.05, 3.63) is 24.3 Å². The minimum absolute atomic E-state index is 0. The number of hydrogen-bond donors (Lipinski definition) is 2. The summed E-state index contributed by atoms with van der Waals surface area (Å²) in [7, 11) is -1.37. The zero-order valence-electron chi connectivity index (χ0n) is 11.7. The molecule has 1 radical (unpaired) electrons. The SMILES string of the molecule is COc1ccccc1N(CC(O)CS(=O)(=O)O)OC.[Na]. The Morgan fingerprint density at radius 2 is 1.90 bits per heavy atom. The molecule has 7 nitrogen and oxygen atoms in total. The zero-order valence-corrected chi connectivity index (χ0v) is 14.5. The summed E-state index contributed by atoms with van der Waals surface area (Å²) in [5.41, 5.74) is 0.543. The van der Waals surface area contributed by atoms with Crippen LogP contribution in [0, 0.1) is 0 Å². The summed E-state index contributed by atoms with van der Waals surface area (Å²) < 4.78 is 35.2. The first-order chi connectivity index (χ1) is 8.87. The van der Waals surface area contributed by atoms with E-state index in [-0.39, 0.29) is 36.1 Å². The first kappa shape index (κ1) is 19.7. The number of para-hydroxylation sites is 2. The van der Waals surface area contributed by atoms with E-state index in [1.807, 2.05) is 0 Å². The third-order valence-electron chi connectivity index (χ3n) is 2.35. The molecule has 0 aromatic heterocycles. The molecule has 20 heavy (non-hydrogen) atoms. The van der Waals surface area contributed by atoms with Gasteiger partial charge in [-0.1, -0.05) is 12.1 Å². The molecule has 0 heterocycles. The molecule has 0 bridgehead atoms. The van der Waals surface area contributed by atoms with Crippen LogP contribution in [0.5, 0.6) is 5.75 Å². The summed E-state index contributed by atoms with van der Waals surface area (Å²) in [4.78, 5) is 5.08. The van der Waals surface area contributed by atoms with E-state index in [9.17, 15) is 13.5 Å². The molecule has 0 saturated heterocycles. The van der Waals surface area contributed by atoms with Crippen LogP contribution in [0.25, 0.3) is 0 Å². The van der Waals surface area contributed by atoms with Crippen molar-refractivity contribution in [3.63, 3.8) is 0 Å². The summed E-state index contributed by atoms with van der Waals surface area (Å²) >= 11 is 0. The molecule has 0 aliphatic rings. The molecule has 0 saturated carbocycles. The van der Waals surface area contributed by atoms with Crippen LogP contribution >= 0.6 is 0 Å². The van der Waals surface area contributed by atoms with Crippen LogP contribution in [-0.4, -0.2) is 80.3 Å². The standard InChI is InChI=1S/C11H17NO6S.Na/c1-17-11-6-4-3-5-10(11)12(18-2)7-9(13)8-19(14,15)16;/h3-6,9,13H,7-8H2,1-2H3,(H,14,15,16);. The van der Waals surface area contributed by atoms with Gasteiger partial charge in [-0.3, -0.25) is 9.39 Å². The van der Waals surface area contributed by atoms with Crippen molar-refractivity contribution < 1.29 is 27.7 Å². The van der Waals surface area contributed by atoms with E-state index in [1.165, 1.54) is 19.3 Å². The van der Waals surface area contributed by atoms with Gasteiger partial charge in [0, 0.05) is 29.6 Å². The normalized spacial score (nSPS) is 12.4. The van der Waals surface area contributed by atoms with Gasteiger partial charge in [-0.2, -0.15) is 8.42 Å². The molecule has 109 valence electrons. The Kier molecular flexibility index (Phi) is 8.68. The number of benzene rings is 1. The van der Waals surface area contributed by atoms with Gasteiger partial charge in [-0.25, -0.2) is 5.06 Å². The van der Waals surface area contributed by atoms with Crippen LogP contribution in [0.2, 0.25) is 0 Å². The topological polar surface area (TPSA) is 96.3 Å². The molecule has 0 aliphatic carbocycles. The number of methoxy groups -OCH3 is 1. The van der Waals surface area contributed by atoms with E-state index < -0.39 is 22.0 Å². The number of aliphatic hydroxyl groups excluding tert-OH is 1. The number of aliphatic hydroxyl groups is 1. The molecule has 1 rings (SSSR count). The van der Waals surface area contributed by atoms with Gasteiger partial charge in [0.05, 0.1) is 26.9 Å². The summed E-state index contributed by atoms with van der Waals surface area (Å²) in [6, 6.07) is 6.92. The third kappa shape index (κ3) is 6.40. The van der Waals surface area contributed by atoms with Crippen molar-refractivity contribution in [1.29, 1.82) is 0 Å². The molecule has 0 amide bonds. The summed E-state index contributed by atoms with van der Waals surface area (Å²) in [6.45, 7) is -0.128. The van der Waals surface area contributed by atoms with E-state index in [2.05, 4.69) is 0 Å². The third-order valence-corrected chi connectivity index (χ3v) is 3.16. The summed E-state index contributed by atoms with van der Waals surface area (Å²) in [6.07, 6.45) is -1.29. The molecule has 1 aromatic rings. The van der Waals surface area contributed by atoms with Crippen LogP contribution in [-0.2, 0) is 15.0 Å². The van der Waals surface area contributed by atoms with Gasteiger partial charge < -0.3 is 9.84 Å². The van der Waals surface area contributed by atoms with Crippen LogP contribution in [0.15, 0.2) is 24.3 Å². The van der Waals surface area contributed by atoms with Crippen molar-refractivity contribution in [2.45, 2.75) is 6.10 Å². The molecule has 1 atom stereocenters. The van der Waals surface area contributed by atoms with Crippen molar-refractivity contribution >= 4 is 45.4 Å². The molecular formula is C11H17NNaO6S. The number of ether oxygens (including phenoxy) is 1. The monoisotopic (exact) mass is 314 g/mol. The maximum atomic E-state index is 10.7. The van der Waals surface area contributed by atoms with Crippen molar-refractivity contribution in [2.75, 3.05) is 31.6 Å². The second-order valence-corrected chi connectivity index (χ2v) is 5.32. The van der Waals surface area contributed by atoms with E-state index in [1.54, 1.807) is 24.3 Å². The Bertz CT molecular complexity index is 509. The van der Waals surface area contributed by atoms with Crippen LogP contribution in [0.3, 0.4) is 0 Å². The molecule has 1 unspecified atom stereocenters.